The minimum Gasteiger partial charge on any atom is -0.368 e. The van der Waals surface area contributed by atoms with Gasteiger partial charge in [-0.05, 0) is 24.6 Å². The Morgan fingerprint density at radius 2 is 2.00 bits per heavy atom. The van der Waals surface area contributed by atoms with Crippen LogP contribution < -0.4 is 5.73 Å². The fourth-order valence-corrected chi connectivity index (χ4v) is 2.74. The van der Waals surface area contributed by atoms with E-state index >= 15 is 0 Å². The van der Waals surface area contributed by atoms with Gasteiger partial charge >= 0.3 is 0 Å². The van der Waals surface area contributed by atoms with Crippen molar-refractivity contribution >= 4 is 5.91 Å². The van der Waals surface area contributed by atoms with E-state index in [2.05, 4.69) is 10.2 Å². The molecule has 1 aliphatic rings. The number of primary amides is 1. The summed E-state index contributed by atoms with van der Waals surface area (Å²) in [6.07, 6.45) is 0. The number of halogens is 1. The molecule has 0 fully saturated rings. The molecule has 0 radical (unpaired) electrons. The lowest BCUT2D eigenvalue weighted by Gasteiger charge is -2.33. The monoisotopic (exact) mass is 289 g/mol. The van der Waals surface area contributed by atoms with Crippen molar-refractivity contribution in [2.24, 2.45) is 5.73 Å². The van der Waals surface area contributed by atoms with Crippen LogP contribution in [0.15, 0.2) is 24.3 Å². The Balaban J connectivity index is 1.89. The Bertz CT molecular complexity index is 667. The molecule has 110 valence electrons. The van der Waals surface area contributed by atoms with E-state index in [-0.39, 0.29) is 5.82 Å². The molecule has 0 saturated carbocycles. The predicted octanol–water partition coefficient (Wildman–Crippen LogP) is 0.768. The number of nitrogens with zero attached hydrogens (tertiary/aromatic N) is 4. The Morgan fingerprint density at radius 3 is 2.67 bits per heavy atom. The fourth-order valence-electron chi connectivity index (χ4n) is 2.74. The highest BCUT2D eigenvalue weighted by atomic mass is 19.1. The quantitative estimate of drug-likeness (QED) is 0.905. The van der Waals surface area contributed by atoms with Gasteiger partial charge in [0.15, 0.2) is 0 Å². The molecule has 0 aliphatic carbocycles. The molecular weight excluding hydrogens is 273 g/mol. The zero-order valence-corrected chi connectivity index (χ0v) is 11.7. The first kappa shape index (κ1) is 13.7. The van der Waals surface area contributed by atoms with Crippen LogP contribution in [0.4, 0.5) is 4.39 Å². The molecule has 1 unspecified atom stereocenters. The van der Waals surface area contributed by atoms with E-state index in [9.17, 15) is 9.18 Å². The van der Waals surface area contributed by atoms with Crippen LogP contribution in [0.1, 0.15) is 23.3 Å². The summed E-state index contributed by atoms with van der Waals surface area (Å²) in [4.78, 5) is 13.8. The van der Waals surface area contributed by atoms with Crippen molar-refractivity contribution in [2.45, 2.75) is 26.1 Å². The lowest BCUT2D eigenvalue weighted by Crippen LogP contribution is -2.42. The van der Waals surface area contributed by atoms with Gasteiger partial charge in [0.25, 0.3) is 0 Å². The first-order valence-electron chi connectivity index (χ1n) is 6.74. The third-order valence-corrected chi connectivity index (χ3v) is 3.79. The van der Waals surface area contributed by atoms with Crippen molar-refractivity contribution in [3.8, 4) is 0 Å². The number of hydrogen-bond donors (Lipinski definition) is 1. The van der Waals surface area contributed by atoms with E-state index in [0.717, 1.165) is 11.6 Å². The number of aryl methyl sites for hydroxylation is 1. The molecule has 2 aromatic rings. The van der Waals surface area contributed by atoms with E-state index in [1.54, 1.807) is 12.1 Å². The predicted molar refractivity (Wildman–Crippen MR) is 73.5 cm³/mol. The average molecular weight is 289 g/mol. The maximum atomic E-state index is 13.0. The van der Waals surface area contributed by atoms with Gasteiger partial charge < -0.3 is 10.3 Å². The molecule has 3 rings (SSSR count). The summed E-state index contributed by atoms with van der Waals surface area (Å²) in [5.74, 6) is 0.886. The van der Waals surface area contributed by atoms with Gasteiger partial charge in [-0.3, -0.25) is 9.69 Å². The third kappa shape index (κ3) is 2.52. The molecule has 1 aromatic heterocycles. The number of carbonyl (C=O) groups excluding carboxylic acids is 1. The summed E-state index contributed by atoms with van der Waals surface area (Å²) in [5, 5.41) is 8.16. The first-order valence-corrected chi connectivity index (χ1v) is 6.74. The molecule has 1 atom stereocenters. The Kier molecular flexibility index (Phi) is 3.42. The maximum Gasteiger partial charge on any atom is 0.239 e. The van der Waals surface area contributed by atoms with Crippen LogP contribution in [0, 0.1) is 12.7 Å². The van der Waals surface area contributed by atoms with E-state index in [0.29, 0.717) is 25.2 Å². The average Bonchev–Trinajstić information content (AvgIpc) is 2.82. The van der Waals surface area contributed by atoms with E-state index in [1.165, 1.54) is 12.1 Å². The van der Waals surface area contributed by atoms with Gasteiger partial charge in [-0.2, -0.15) is 0 Å². The molecule has 7 heteroatoms. The highest BCUT2D eigenvalue weighted by Gasteiger charge is 2.30. The number of nitrogens with two attached hydrogens (primary N) is 1. The molecule has 1 aliphatic heterocycles. The van der Waals surface area contributed by atoms with Crippen LogP contribution in [-0.4, -0.2) is 32.1 Å². The molecule has 1 aromatic carbocycles. The number of carbonyl (C=O) groups is 1. The summed E-state index contributed by atoms with van der Waals surface area (Å²) >= 11 is 0. The summed E-state index contributed by atoms with van der Waals surface area (Å²) in [7, 11) is 0. The van der Waals surface area contributed by atoms with Crippen molar-refractivity contribution in [3.05, 3.63) is 47.3 Å². The molecule has 2 heterocycles. The number of benzene rings is 1. The Labute approximate surface area is 121 Å². The van der Waals surface area contributed by atoms with Crippen molar-refractivity contribution in [3.63, 3.8) is 0 Å². The number of hydrogen-bond acceptors (Lipinski definition) is 4. The van der Waals surface area contributed by atoms with E-state index < -0.39 is 11.9 Å². The lowest BCUT2D eigenvalue weighted by atomic mass is 10.0. The standard InChI is InChI=1S/C14H16FN5O/c1-9-17-18-12-8-19(6-7-20(9)12)13(14(16)21)10-2-4-11(15)5-3-10/h2-5,13H,6-8H2,1H3,(H2,16,21). The minimum atomic E-state index is -0.587. The van der Waals surface area contributed by atoms with Gasteiger partial charge in [-0.25, -0.2) is 4.39 Å². The molecule has 0 spiro atoms. The summed E-state index contributed by atoms with van der Waals surface area (Å²) in [6.45, 7) is 3.76. The van der Waals surface area contributed by atoms with Crippen LogP contribution in [-0.2, 0) is 17.9 Å². The minimum absolute atomic E-state index is 0.337. The van der Waals surface area contributed by atoms with Gasteiger partial charge in [0.05, 0.1) is 6.54 Å². The molecule has 21 heavy (non-hydrogen) atoms. The van der Waals surface area contributed by atoms with E-state index in [1.807, 2.05) is 16.4 Å². The number of fused-ring (bicyclic) bond motifs is 1. The number of amides is 1. The highest BCUT2D eigenvalue weighted by Crippen LogP contribution is 2.25. The third-order valence-electron chi connectivity index (χ3n) is 3.79. The Hall–Kier alpha value is -2.28. The fraction of sp³-hybridized carbons (Fsp3) is 0.357. The second kappa shape index (κ2) is 5.25. The van der Waals surface area contributed by atoms with Crippen molar-refractivity contribution in [2.75, 3.05) is 6.54 Å². The zero-order chi connectivity index (χ0) is 15.0. The second-order valence-electron chi connectivity index (χ2n) is 5.14. The van der Waals surface area contributed by atoms with Gasteiger partial charge in [0.1, 0.15) is 23.5 Å². The van der Waals surface area contributed by atoms with Gasteiger partial charge in [-0.15, -0.1) is 10.2 Å². The molecular formula is C14H16FN5O. The number of aromatic nitrogens is 3. The maximum absolute atomic E-state index is 13.0. The smallest absolute Gasteiger partial charge is 0.239 e. The first-order chi connectivity index (χ1) is 10.1. The van der Waals surface area contributed by atoms with Crippen LogP contribution >= 0.6 is 0 Å². The molecule has 1 amide bonds. The molecule has 0 saturated heterocycles. The lowest BCUT2D eigenvalue weighted by molar-refractivity contribution is -0.124. The highest BCUT2D eigenvalue weighted by molar-refractivity contribution is 5.81. The Morgan fingerprint density at radius 1 is 1.29 bits per heavy atom. The largest absolute Gasteiger partial charge is 0.368 e. The molecule has 0 bridgehead atoms. The molecule has 6 nitrogen and oxygen atoms in total. The van der Waals surface area contributed by atoms with Crippen molar-refractivity contribution < 1.29 is 9.18 Å². The van der Waals surface area contributed by atoms with Crippen molar-refractivity contribution in [1.29, 1.82) is 0 Å². The normalized spacial score (nSPS) is 16.5. The summed E-state index contributed by atoms with van der Waals surface area (Å²) in [5.41, 5.74) is 6.23. The van der Waals surface area contributed by atoms with Gasteiger partial charge in [0, 0.05) is 13.1 Å². The van der Waals surface area contributed by atoms with Gasteiger partial charge in [0.2, 0.25) is 5.91 Å². The van der Waals surface area contributed by atoms with E-state index in [4.69, 9.17) is 5.73 Å². The van der Waals surface area contributed by atoms with Crippen LogP contribution in [0.5, 0.6) is 0 Å². The number of rotatable bonds is 3. The van der Waals surface area contributed by atoms with Crippen LogP contribution in [0.2, 0.25) is 0 Å². The van der Waals surface area contributed by atoms with Crippen LogP contribution in [0.25, 0.3) is 0 Å². The summed E-state index contributed by atoms with van der Waals surface area (Å²) < 4.78 is 15.1. The second-order valence-corrected chi connectivity index (χ2v) is 5.14. The SMILES string of the molecule is Cc1nnc2n1CCN(C(C(N)=O)c1ccc(F)cc1)C2. The van der Waals surface area contributed by atoms with Gasteiger partial charge in [-0.1, -0.05) is 12.1 Å². The zero-order valence-electron chi connectivity index (χ0n) is 11.7. The topological polar surface area (TPSA) is 77.0 Å². The van der Waals surface area contributed by atoms with Crippen LogP contribution in [0.3, 0.4) is 0 Å². The molecule has 2 N–H and O–H groups in total. The summed E-state index contributed by atoms with van der Waals surface area (Å²) in [6, 6.07) is 5.27. The van der Waals surface area contributed by atoms with Crippen molar-refractivity contribution in [1.82, 2.24) is 19.7 Å².